The number of hydrogen-bond donors (Lipinski definition) is 1. The van der Waals surface area contributed by atoms with Crippen molar-refractivity contribution >= 4 is 22.2 Å². The van der Waals surface area contributed by atoms with Crippen LogP contribution in [0.15, 0.2) is 23.1 Å². The first-order valence-corrected chi connectivity index (χ1v) is 9.51. The fourth-order valence-corrected chi connectivity index (χ4v) is 4.56. The van der Waals surface area contributed by atoms with Crippen LogP contribution >= 0.6 is 11.3 Å². The summed E-state index contributed by atoms with van der Waals surface area (Å²) in [6.07, 6.45) is 4.43. The Hall–Kier alpha value is -2.59. The molecule has 0 saturated heterocycles. The third-order valence-electron chi connectivity index (χ3n) is 4.48. The Labute approximate surface area is 156 Å². The minimum atomic E-state index is -0.343. The SMILES string of the molecule is CCOc1cccn(CC(=O)Nc2sc3c(c2C#N)CCC(C)C3)c1=O. The number of pyridine rings is 1. The standard InChI is InChI=1S/C19H21N3O3S/c1-3-25-15-5-4-8-22(19(15)24)11-17(23)21-18-14(10-20)13-7-6-12(2)9-16(13)26-18/h4-5,8,12H,3,6-7,9,11H2,1-2H3,(H,21,23). The summed E-state index contributed by atoms with van der Waals surface area (Å²) in [5, 5.41) is 12.9. The van der Waals surface area contributed by atoms with Crippen LogP contribution in [0.3, 0.4) is 0 Å². The van der Waals surface area contributed by atoms with Gasteiger partial charge in [-0.3, -0.25) is 9.59 Å². The first kappa shape index (κ1) is 18.2. The van der Waals surface area contributed by atoms with Gasteiger partial charge in [-0.05, 0) is 49.8 Å². The highest BCUT2D eigenvalue weighted by atomic mass is 32.1. The highest BCUT2D eigenvalue weighted by Gasteiger charge is 2.24. The molecule has 1 amide bonds. The van der Waals surface area contributed by atoms with Crippen LogP contribution in [0.1, 0.15) is 36.3 Å². The highest BCUT2D eigenvalue weighted by Crippen LogP contribution is 2.39. The van der Waals surface area contributed by atoms with E-state index in [1.807, 2.05) is 0 Å². The molecule has 1 aliphatic carbocycles. The summed E-state index contributed by atoms with van der Waals surface area (Å²) in [6, 6.07) is 5.49. The molecule has 0 radical (unpaired) electrons. The number of carbonyl (C=O) groups is 1. The van der Waals surface area contributed by atoms with Gasteiger partial charge >= 0.3 is 0 Å². The van der Waals surface area contributed by atoms with Crippen LogP contribution < -0.4 is 15.6 Å². The van der Waals surface area contributed by atoms with Gasteiger partial charge in [0.2, 0.25) is 5.91 Å². The number of hydrogen-bond acceptors (Lipinski definition) is 5. The molecule has 0 aliphatic heterocycles. The molecule has 0 bridgehead atoms. The largest absolute Gasteiger partial charge is 0.488 e. The van der Waals surface area contributed by atoms with Gasteiger partial charge in [-0.2, -0.15) is 5.26 Å². The molecule has 0 fully saturated rings. The van der Waals surface area contributed by atoms with E-state index in [-0.39, 0.29) is 23.8 Å². The van der Waals surface area contributed by atoms with Gasteiger partial charge in [0.1, 0.15) is 17.6 Å². The van der Waals surface area contributed by atoms with Crippen molar-refractivity contribution in [2.45, 2.75) is 39.7 Å². The van der Waals surface area contributed by atoms with Gasteiger partial charge in [-0.1, -0.05) is 6.92 Å². The molecule has 1 N–H and O–H groups in total. The summed E-state index contributed by atoms with van der Waals surface area (Å²) in [7, 11) is 0. The molecule has 6 nitrogen and oxygen atoms in total. The summed E-state index contributed by atoms with van der Waals surface area (Å²) in [6.45, 7) is 4.26. The Balaban J connectivity index is 1.78. The molecule has 3 rings (SSSR count). The second-order valence-corrected chi connectivity index (χ2v) is 7.56. The van der Waals surface area contributed by atoms with Gasteiger partial charge in [0.15, 0.2) is 5.75 Å². The molecule has 2 aromatic heterocycles. The molecule has 0 spiro atoms. The van der Waals surface area contributed by atoms with Crippen LogP contribution in [0.4, 0.5) is 5.00 Å². The van der Waals surface area contributed by atoms with E-state index in [1.165, 1.54) is 20.8 Å². The lowest BCUT2D eigenvalue weighted by Crippen LogP contribution is -2.28. The van der Waals surface area contributed by atoms with Crippen LogP contribution in [-0.2, 0) is 24.2 Å². The molecule has 1 unspecified atom stereocenters. The molecule has 1 aliphatic rings. The lowest BCUT2D eigenvalue weighted by molar-refractivity contribution is -0.116. The molecular formula is C19H21N3O3S. The first-order chi connectivity index (χ1) is 12.5. The number of nitriles is 1. The first-order valence-electron chi connectivity index (χ1n) is 8.70. The summed E-state index contributed by atoms with van der Waals surface area (Å²) in [4.78, 5) is 25.9. The van der Waals surface area contributed by atoms with E-state index in [1.54, 1.807) is 25.3 Å². The third kappa shape index (κ3) is 3.65. The molecule has 2 heterocycles. The molecule has 0 aromatic carbocycles. The molecule has 7 heteroatoms. The summed E-state index contributed by atoms with van der Waals surface area (Å²) >= 11 is 1.48. The van der Waals surface area contributed by atoms with Crippen molar-refractivity contribution in [2.24, 2.45) is 5.92 Å². The van der Waals surface area contributed by atoms with E-state index in [0.29, 0.717) is 23.1 Å². The van der Waals surface area contributed by atoms with Crippen LogP contribution in [0, 0.1) is 17.2 Å². The topological polar surface area (TPSA) is 84.1 Å². The number of carbonyl (C=O) groups excluding carboxylic acids is 1. The average molecular weight is 371 g/mol. The number of thiophene rings is 1. The van der Waals surface area contributed by atoms with Crippen LogP contribution in [-0.4, -0.2) is 17.1 Å². The number of rotatable bonds is 5. The van der Waals surface area contributed by atoms with Crippen molar-refractivity contribution in [3.63, 3.8) is 0 Å². The molecule has 0 saturated carbocycles. The zero-order valence-electron chi connectivity index (χ0n) is 14.9. The van der Waals surface area contributed by atoms with E-state index in [2.05, 4.69) is 18.3 Å². The van der Waals surface area contributed by atoms with Gasteiger partial charge in [-0.15, -0.1) is 11.3 Å². The van der Waals surface area contributed by atoms with E-state index < -0.39 is 0 Å². The van der Waals surface area contributed by atoms with Crippen molar-refractivity contribution in [3.05, 3.63) is 44.7 Å². The van der Waals surface area contributed by atoms with Crippen molar-refractivity contribution in [3.8, 4) is 11.8 Å². The third-order valence-corrected chi connectivity index (χ3v) is 5.65. The molecule has 2 aromatic rings. The van der Waals surface area contributed by atoms with Crippen LogP contribution in [0.25, 0.3) is 0 Å². The minimum absolute atomic E-state index is 0.121. The quantitative estimate of drug-likeness (QED) is 0.876. The number of nitrogens with one attached hydrogen (secondary N) is 1. The zero-order valence-corrected chi connectivity index (χ0v) is 15.7. The Morgan fingerprint density at radius 1 is 1.54 bits per heavy atom. The number of amides is 1. The smallest absolute Gasteiger partial charge is 0.293 e. The Morgan fingerprint density at radius 3 is 3.08 bits per heavy atom. The summed E-state index contributed by atoms with van der Waals surface area (Å²) < 4.78 is 6.58. The van der Waals surface area contributed by atoms with Gasteiger partial charge in [0.25, 0.3) is 5.56 Å². The molecule has 136 valence electrons. The predicted octanol–water partition coefficient (Wildman–Crippen LogP) is 2.94. The second-order valence-electron chi connectivity index (χ2n) is 6.45. The van der Waals surface area contributed by atoms with E-state index in [4.69, 9.17) is 4.74 Å². The number of anilines is 1. The van der Waals surface area contributed by atoms with Crippen molar-refractivity contribution in [1.82, 2.24) is 4.57 Å². The fourth-order valence-electron chi connectivity index (χ4n) is 3.18. The predicted molar refractivity (Wildman–Crippen MR) is 101 cm³/mol. The van der Waals surface area contributed by atoms with Crippen LogP contribution in [0.2, 0.25) is 0 Å². The highest BCUT2D eigenvalue weighted by molar-refractivity contribution is 7.16. The van der Waals surface area contributed by atoms with E-state index in [0.717, 1.165) is 24.8 Å². The van der Waals surface area contributed by atoms with Crippen molar-refractivity contribution in [1.29, 1.82) is 5.26 Å². The maximum absolute atomic E-state index is 12.4. The summed E-state index contributed by atoms with van der Waals surface area (Å²) in [5.41, 5.74) is 1.30. The summed E-state index contributed by atoms with van der Waals surface area (Å²) in [5.74, 6) is 0.487. The Bertz CT molecular complexity index is 923. The number of aromatic nitrogens is 1. The molecule has 1 atom stereocenters. The zero-order chi connectivity index (χ0) is 18.7. The van der Waals surface area contributed by atoms with Gasteiger partial charge in [0, 0.05) is 11.1 Å². The Kier molecular flexibility index (Phi) is 5.43. The molecular weight excluding hydrogens is 350 g/mol. The van der Waals surface area contributed by atoms with Gasteiger partial charge < -0.3 is 14.6 Å². The fraction of sp³-hybridized carbons (Fsp3) is 0.421. The Morgan fingerprint density at radius 2 is 2.35 bits per heavy atom. The molecule has 26 heavy (non-hydrogen) atoms. The minimum Gasteiger partial charge on any atom is -0.488 e. The maximum atomic E-state index is 12.4. The average Bonchev–Trinajstić information content (AvgIpc) is 2.94. The van der Waals surface area contributed by atoms with Crippen molar-refractivity contribution in [2.75, 3.05) is 11.9 Å². The van der Waals surface area contributed by atoms with E-state index in [9.17, 15) is 14.9 Å². The normalized spacial score (nSPS) is 15.8. The van der Waals surface area contributed by atoms with Gasteiger partial charge in [-0.25, -0.2) is 0 Å². The van der Waals surface area contributed by atoms with E-state index >= 15 is 0 Å². The second kappa shape index (κ2) is 7.75. The maximum Gasteiger partial charge on any atom is 0.293 e. The van der Waals surface area contributed by atoms with Gasteiger partial charge in [0.05, 0.1) is 12.2 Å². The monoisotopic (exact) mass is 371 g/mol. The number of fused-ring (bicyclic) bond motifs is 1. The number of nitrogens with zero attached hydrogens (tertiary/aromatic N) is 2. The van der Waals surface area contributed by atoms with Crippen molar-refractivity contribution < 1.29 is 9.53 Å². The lowest BCUT2D eigenvalue weighted by Gasteiger charge is -2.17. The number of ether oxygens (including phenoxy) is 1. The lowest BCUT2D eigenvalue weighted by atomic mass is 9.89. The van der Waals surface area contributed by atoms with Crippen LogP contribution in [0.5, 0.6) is 5.75 Å².